The van der Waals surface area contributed by atoms with Crippen LogP contribution in [-0.4, -0.2) is 5.16 Å². The van der Waals surface area contributed by atoms with Crippen molar-refractivity contribution < 1.29 is 0 Å². The van der Waals surface area contributed by atoms with Crippen LogP contribution in [-0.2, 0) is 0 Å². The quantitative estimate of drug-likeness (QED) is 0.452. The van der Waals surface area contributed by atoms with E-state index in [1.54, 1.807) is 0 Å². The van der Waals surface area contributed by atoms with Crippen LogP contribution in [0.4, 0.5) is 0 Å². The maximum atomic E-state index is 2.60. The summed E-state index contributed by atoms with van der Waals surface area (Å²) in [5.41, 5.74) is 0. The molecule has 0 aliphatic heterocycles. The molecule has 3 aromatic rings. The SMILES string of the molecule is C1=CC2([P+](c3ccccc3)(c3ccccc3)c3ccccc3)CCC1C2. The molecule has 0 spiro atoms. The Kier molecular flexibility index (Phi) is 3.84. The molecule has 5 rings (SSSR count). The number of hydrogen-bond acceptors (Lipinski definition) is 0. The third-order valence-corrected chi connectivity index (χ3v) is 11.5. The molecule has 26 heavy (non-hydrogen) atoms. The fourth-order valence-corrected chi connectivity index (χ4v) is 10.9. The Labute approximate surface area is 156 Å². The lowest BCUT2D eigenvalue weighted by Crippen LogP contribution is -2.44. The topological polar surface area (TPSA) is 0 Å². The van der Waals surface area contributed by atoms with E-state index in [1.165, 1.54) is 35.2 Å². The predicted molar refractivity (Wildman–Crippen MR) is 114 cm³/mol. The van der Waals surface area contributed by atoms with Crippen LogP contribution in [0.2, 0.25) is 0 Å². The van der Waals surface area contributed by atoms with Gasteiger partial charge in [-0.2, -0.15) is 0 Å². The second-order valence-electron chi connectivity index (χ2n) is 7.64. The molecular weight excluding hydrogens is 331 g/mol. The molecule has 2 unspecified atom stereocenters. The average Bonchev–Trinajstić information content (AvgIpc) is 3.33. The van der Waals surface area contributed by atoms with Crippen LogP contribution < -0.4 is 15.9 Å². The molecule has 2 bridgehead atoms. The van der Waals surface area contributed by atoms with Crippen LogP contribution in [0.1, 0.15) is 19.3 Å². The molecule has 3 aromatic carbocycles. The van der Waals surface area contributed by atoms with Crippen molar-refractivity contribution in [2.75, 3.05) is 0 Å². The van der Waals surface area contributed by atoms with Crippen LogP contribution in [0.5, 0.6) is 0 Å². The second kappa shape index (κ2) is 6.22. The monoisotopic (exact) mass is 355 g/mol. The van der Waals surface area contributed by atoms with Crippen molar-refractivity contribution in [3.8, 4) is 0 Å². The summed E-state index contributed by atoms with van der Waals surface area (Å²) in [4.78, 5) is 0. The number of fused-ring (bicyclic) bond motifs is 2. The van der Waals surface area contributed by atoms with Gasteiger partial charge in [0.1, 0.15) is 28.3 Å². The zero-order valence-electron chi connectivity index (χ0n) is 15.0. The number of allylic oxidation sites excluding steroid dienone is 2. The minimum absolute atomic E-state index is 0.266. The van der Waals surface area contributed by atoms with E-state index in [1.807, 2.05) is 0 Å². The molecule has 1 fully saturated rings. The highest BCUT2D eigenvalue weighted by molar-refractivity contribution is 7.97. The van der Waals surface area contributed by atoms with Crippen molar-refractivity contribution in [3.63, 3.8) is 0 Å². The lowest BCUT2D eigenvalue weighted by Gasteiger charge is -2.40. The zero-order chi connectivity index (χ0) is 17.5. The summed E-state index contributed by atoms with van der Waals surface area (Å²) < 4.78 is 0. The minimum Gasteiger partial charge on any atom is -0.0810 e. The summed E-state index contributed by atoms with van der Waals surface area (Å²) in [5.74, 6) is 0.769. The molecule has 0 aromatic heterocycles. The van der Waals surface area contributed by atoms with E-state index in [9.17, 15) is 0 Å². The van der Waals surface area contributed by atoms with Gasteiger partial charge in [-0.1, -0.05) is 60.7 Å². The van der Waals surface area contributed by atoms with Gasteiger partial charge in [-0.25, -0.2) is 0 Å². The Morgan fingerprint density at radius 3 is 1.42 bits per heavy atom. The number of hydrogen-bond donors (Lipinski definition) is 0. The highest BCUT2D eigenvalue weighted by Gasteiger charge is 2.65. The molecule has 0 heterocycles. The van der Waals surface area contributed by atoms with Gasteiger partial charge < -0.3 is 0 Å². The van der Waals surface area contributed by atoms with Gasteiger partial charge in [0.25, 0.3) is 0 Å². The van der Waals surface area contributed by atoms with Crippen LogP contribution >= 0.6 is 7.26 Å². The molecule has 0 N–H and O–H groups in total. The summed E-state index contributed by atoms with van der Waals surface area (Å²) in [7, 11) is -1.78. The van der Waals surface area contributed by atoms with E-state index in [0.29, 0.717) is 0 Å². The number of benzene rings is 3. The first-order chi connectivity index (χ1) is 12.9. The molecule has 128 valence electrons. The smallest absolute Gasteiger partial charge is 0.0810 e. The molecule has 1 saturated carbocycles. The minimum atomic E-state index is -1.78. The lowest BCUT2D eigenvalue weighted by atomic mass is 10.1. The third kappa shape index (κ3) is 2.19. The van der Waals surface area contributed by atoms with Crippen molar-refractivity contribution in [2.24, 2.45) is 5.92 Å². The zero-order valence-corrected chi connectivity index (χ0v) is 15.9. The Hall–Kier alpha value is -2.17. The summed E-state index contributed by atoms with van der Waals surface area (Å²) >= 11 is 0. The van der Waals surface area contributed by atoms with Crippen LogP contribution in [0, 0.1) is 5.92 Å². The van der Waals surface area contributed by atoms with Crippen molar-refractivity contribution in [3.05, 3.63) is 103 Å². The summed E-state index contributed by atoms with van der Waals surface area (Å²) in [6.45, 7) is 0. The van der Waals surface area contributed by atoms with Crippen molar-refractivity contribution in [2.45, 2.75) is 24.4 Å². The Morgan fingerprint density at radius 1 is 0.654 bits per heavy atom. The summed E-state index contributed by atoms with van der Waals surface area (Å²) in [6.07, 6.45) is 9.06. The molecule has 0 nitrogen and oxygen atoms in total. The fourth-order valence-electron chi connectivity index (χ4n) is 5.31. The average molecular weight is 355 g/mol. The van der Waals surface area contributed by atoms with Gasteiger partial charge in [0.05, 0.1) is 0 Å². The van der Waals surface area contributed by atoms with Gasteiger partial charge in [-0.05, 0) is 67.7 Å². The molecule has 0 saturated heterocycles. The van der Waals surface area contributed by atoms with Gasteiger partial charge in [-0.15, -0.1) is 0 Å². The van der Waals surface area contributed by atoms with Gasteiger partial charge in [0.2, 0.25) is 0 Å². The van der Waals surface area contributed by atoms with Crippen LogP contribution in [0.25, 0.3) is 0 Å². The van der Waals surface area contributed by atoms with Gasteiger partial charge >= 0.3 is 0 Å². The molecule has 2 aliphatic rings. The van der Waals surface area contributed by atoms with Crippen LogP contribution in [0.15, 0.2) is 103 Å². The lowest BCUT2D eigenvalue weighted by molar-refractivity contribution is 0.699. The van der Waals surface area contributed by atoms with Gasteiger partial charge in [0, 0.05) is 0 Å². The first-order valence-electron chi connectivity index (χ1n) is 9.61. The molecule has 2 atom stereocenters. The Morgan fingerprint density at radius 2 is 1.12 bits per heavy atom. The first-order valence-corrected chi connectivity index (χ1v) is 11.4. The normalized spacial score (nSPS) is 24.1. The molecule has 2 aliphatic carbocycles. The standard InChI is InChI=1S/C25H24P/c1-4-10-22(11-5-1)26(23-12-6-2-7-13-23,24-14-8-3-9-15-24)25-18-16-21(20-25)17-19-25/h1-16,18,21H,17,19-20H2/q+1. The van der Waals surface area contributed by atoms with E-state index in [0.717, 1.165) is 5.92 Å². The molecule has 0 amide bonds. The predicted octanol–water partition coefficient (Wildman–Crippen LogP) is 5.09. The maximum absolute atomic E-state index is 2.60. The maximum Gasteiger partial charge on any atom is 0.121 e. The summed E-state index contributed by atoms with van der Waals surface area (Å²) in [6, 6.07) is 34.0. The van der Waals surface area contributed by atoms with E-state index >= 15 is 0 Å². The Bertz CT molecular complexity index is 817. The molecular formula is C25H24P+. The fraction of sp³-hybridized carbons (Fsp3) is 0.200. The van der Waals surface area contributed by atoms with Crippen molar-refractivity contribution in [1.29, 1.82) is 0 Å². The summed E-state index contributed by atoms with van der Waals surface area (Å²) in [5, 5.41) is 4.82. The van der Waals surface area contributed by atoms with Gasteiger partial charge in [-0.3, -0.25) is 0 Å². The highest BCUT2D eigenvalue weighted by atomic mass is 31.2. The van der Waals surface area contributed by atoms with Crippen molar-refractivity contribution in [1.82, 2.24) is 0 Å². The van der Waals surface area contributed by atoms with Crippen LogP contribution in [0.3, 0.4) is 0 Å². The van der Waals surface area contributed by atoms with E-state index in [-0.39, 0.29) is 5.16 Å². The second-order valence-corrected chi connectivity index (χ2v) is 11.4. The number of rotatable bonds is 4. The molecule has 1 heteroatoms. The van der Waals surface area contributed by atoms with Gasteiger partial charge in [0.15, 0.2) is 0 Å². The largest absolute Gasteiger partial charge is 0.121 e. The molecule has 0 radical (unpaired) electrons. The van der Waals surface area contributed by atoms with E-state index in [4.69, 9.17) is 0 Å². The van der Waals surface area contributed by atoms with E-state index in [2.05, 4.69) is 103 Å². The highest BCUT2D eigenvalue weighted by Crippen LogP contribution is 2.73. The first kappa shape index (κ1) is 16.0. The van der Waals surface area contributed by atoms with Crippen molar-refractivity contribution >= 4 is 23.2 Å². The Balaban J connectivity index is 1.89. The third-order valence-electron chi connectivity index (χ3n) is 6.34. The van der Waals surface area contributed by atoms with E-state index < -0.39 is 7.26 Å².